The first-order chi connectivity index (χ1) is 9.29. The Labute approximate surface area is 118 Å². The second kappa shape index (κ2) is 4.15. The van der Waals surface area contributed by atoms with E-state index in [0.29, 0.717) is 0 Å². The van der Waals surface area contributed by atoms with Crippen LogP contribution in [0.4, 0.5) is 0 Å². The summed E-state index contributed by atoms with van der Waals surface area (Å²) in [5, 5.41) is 4.49. The fourth-order valence-corrected chi connectivity index (χ4v) is 2.42. The Morgan fingerprint density at radius 1 is 1.35 bits per heavy atom. The van der Waals surface area contributed by atoms with E-state index in [1.54, 1.807) is 10.9 Å². The van der Waals surface area contributed by atoms with Gasteiger partial charge in [-0.1, -0.05) is 20.8 Å². The number of H-pyrrole nitrogens is 1. The highest BCUT2D eigenvalue weighted by atomic mass is 15.3. The maximum absolute atomic E-state index is 6.29. The summed E-state index contributed by atoms with van der Waals surface area (Å²) < 4.78 is 1.79. The lowest BCUT2D eigenvalue weighted by Crippen LogP contribution is -2.44. The fraction of sp³-hybridized carbons (Fsp3) is 0.643. The van der Waals surface area contributed by atoms with Crippen molar-refractivity contribution < 1.29 is 0 Å². The molecule has 1 aliphatic carbocycles. The summed E-state index contributed by atoms with van der Waals surface area (Å²) in [7, 11) is 1.90. The summed E-state index contributed by atoms with van der Waals surface area (Å²) >= 11 is 0. The molecule has 3 N–H and O–H groups in total. The molecule has 0 unspecified atom stereocenters. The van der Waals surface area contributed by atoms with Gasteiger partial charge in [0.15, 0.2) is 11.6 Å². The Hall–Kier alpha value is -1.69. The van der Waals surface area contributed by atoms with Crippen molar-refractivity contribution in [3.8, 4) is 11.5 Å². The van der Waals surface area contributed by atoms with E-state index >= 15 is 0 Å². The normalized spacial score (nSPS) is 18.1. The Morgan fingerprint density at radius 3 is 2.55 bits per heavy atom. The molecule has 1 saturated carbocycles. The molecule has 0 bridgehead atoms. The molecule has 2 heterocycles. The number of hydrogen-bond acceptors (Lipinski definition) is 4. The second-order valence-electron chi connectivity index (χ2n) is 6.79. The molecule has 0 aromatic carbocycles. The maximum Gasteiger partial charge on any atom is 0.176 e. The number of aromatic nitrogens is 5. The minimum atomic E-state index is -0.274. The molecule has 1 aliphatic rings. The number of hydrogen-bond donors (Lipinski definition) is 2. The number of imidazole rings is 1. The monoisotopic (exact) mass is 274 g/mol. The lowest BCUT2D eigenvalue weighted by atomic mass is 9.77. The highest BCUT2D eigenvalue weighted by Gasteiger charge is 2.37. The third-order valence-electron chi connectivity index (χ3n) is 3.97. The molecular formula is C14H22N6. The molecule has 2 aromatic heterocycles. The van der Waals surface area contributed by atoms with E-state index in [2.05, 4.69) is 40.8 Å². The molecule has 0 radical (unpaired) electrons. The minimum absolute atomic E-state index is 0.0675. The number of nitrogens with zero attached hydrogens (tertiary/aromatic N) is 4. The van der Waals surface area contributed by atoms with Crippen LogP contribution in [0.1, 0.15) is 51.7 Å². The molecule has 20 heavy (non-hydrogen) atoms. The second-order valence-corrected chi connectivity index (χ2v) is 6.79. The molecule has 0 amide bonds. The molecule has 108 valence electrons. The van der Waals surface area contributed by atoms with Crippen LogP contribution in [0.25, 0.3) is 11.5 Å². The van der Waals surface area contributed by atoms with Gasteiger partial charge in [0.1, 0.15) is 11.5 Å². The van der Waals surface area contributed by atoms with Crippen LogP contribution < -0.4 is 5.73 Å². The molecule has 2 aromatic rings. The van der Waals surface area contributed by atoms with E-state index in [-0.39, 0.29) is 11.0 Å². The van der Waals surface area contributed by atoms with Crippen LogP contribution in [0.3, 0.4) is 0 Å². The summed E-state index contributed by atoms with van der Waals surface area (Å²) in [6, 6.07) is 0. The average molecular weight is 274 g/mol. The van der Waals surface area contributed by atoms with Crippen LogP contribution in [-0.4, -0.2) is 24.7 Å². The zero-order chi connectivity index (χ0) is 14.5. The summed E-state index contributed by atoms with van der Waals surface area (Å²) in [4.78, 5) is 12.4. The zero-order valence-corrected chi connectivity index (χ0v) is 12.6. The van der Waals surface area contributed by atoms with Gasteiger partial charge in [0.05, 0.1) is 11.7 Å². The highest BCUT2D eigenvalue weighted by molar-refractivity contribution is 5.49. The highest BCUT2D eigenvalue weighted by Crippen LogP contribution is 2.37. The van der Waals surface area contributed by atoms with Crippen molar-refractivity contribution in [2.45, 2.75) is 51.0 Å². The molecule has 0 spiro atoms. The molecule has 0 aliphatic heterocycles. The maximum atomic E-state index is 6.29. The van der Waals surface area contributed by atoms with Gasteiger partial charge in [-0.3, -0.25) is 0 Å². The number of nitrogens with one attached hydrogen (secondary N) is 1. The number of aryl methyl sites for hydroxylation is 1. The van der Waals surface area contributed by atoms with Gasteiger partial charge in [0, 0.05) is 12.5 Å². The van der Waals surface area contributed by atoms with Gasteiger partial charge in [0.2, 0.25) is 0 Å². The van der Waals surface area contributed by atoms with E-state index in [4.69, 9.17) is 5.73 Å². The van der Waals surface area contributed by atoms with Crippen molar-refractivity contribution in [1.29, 1.82) is 0 Å². The Morgan fingerprint density at radius 2 is 2.05 bits per heavy atom. The predicted octanol–water partition coefficient (Wildman–Crippen LogP) is 1.84. The lowest BCUT2D eigenvalue weighted by Gasteiger charge is -2.35. The lowest BCUT2D eigenvalue weighted by molar-refractivity contribution is 0.240. The van der Waals surface area contributed by atoms with Crippen LogP contribution in [0.5, 0.6) is 0 Å². The first kappa shape index (κ1) is 13.3. The van der Waals surface area contributed by atoms with Crippen LogP contribution >= 0.6 is 0 Å². The average Bonchev–Trinajstić information content (AvgIpc) is 2.91. The molecule has 3 rings (SSSR count). The zero-order valence-electron chi connectivity index (χ0n) is 12.6. The Balaban J connectivity index is 1.96. The SMILES string of the molecule is Cn1nc(C(C)(C)C)nc1-c1cnc(C2(N)CCC2)[nH]1. The van der Waals surface area contributed by atoms with Crippen LogP contribution in [0, 0.1) is 0 Å². The molecule has 6 nitrogen and oxygen atoms in total. The van der Waals surface area contributed by atoms with Crippen molar-refractivity contribution in [1.82, 2.24) is 24.7 Å². The van der Waals surface area contributed by atoms with Crippen molar-refractivity contribution in [3.05, 3.63) is 17.8 Å². The van der Waals surface area contributed by atoms with Gasteiger partial charge in [-0.05, 0) is 19.3 Å². The summed E-state index contributed by atoms with van der Waals surface area (Å²) in [5.41, 5.74) is 6.83. The third kappa shape index (κ3) is 2.04. The number of aromatic amines is 1. The molecule has 0 atom stereocenters. The molecule has 0 saturated heterocycles. The predicted molar refractivity (Wildman–Crippen MR) is 77.0 cm³/mol. The van der Waals surface area contributed by atoms with Gasteiger partial charge in [-0.2, -0.15) is 5.10 Å². The van der Waals surface area contributed by atoms with Gasteiger partial charge < -0.3 is 10.7 Å². The molecule has 6 heteroatoms. The molecular weight excluding hydrogens is 252 g/mol. The van der Waals surface area contributed by atoms with Crippen LogP contribution in [-0.2, 0) is 18.0 Å². The Kier molecular flexibility index (Phi) is 2.76. The topological polar surface area (TPSA) is 85.4 Å². The number of nitrogens with two attached hydrogens (primary N) is 1. The van der Waals surface area contributed by atoms with Gasteiger partial charge in [-0.15, -0.1) is 0 Å². The summed E-state index contributed by atoms with van der Waals surface area (Å²) in [6.07, 6.45) is 4.96. The van der Waals surface area contributed by atoms with Gasteiger partial charge >= 0.3 is 0 Å². The quantitative estimate of drug-likeness (QED) is 0.875. The van der Waals surface area contributed by atoms with E-state index in [9.17, 15) is 0 Å². The summed E-state index contributed by atoms with van der Waals surface area (Å²) in [5.74, 6) is 2.49. The van der Waals surface area contributed by atoms with Crippen molar-refractivity contribution >= 4 is 0 Å². The molecule has 1 fully saturated rings. The number of rotatable bonds is 2. The Bertz CT molecular complexity index is 626. The fourth-order valence-electron chi connectivity index (χ4n) is 2.42. The van der Waals surface area contributed by atoms with Crippen molar-refractivity contribution in [2.75, 3.05) is 0 Å². The first-order valence-electron chi connectivity index (χ1n) is 7.06. The van der Waals surface area contributed by atoms with Crippen LogP contribution in [0.2, 0.25) is 0 Å². The van der Waals surface area contributed by atoms with Crippen LogP contribution in [0.15, 0.2) is 6.20 Å². The minimum Gasteiger partial charge on any atom is -0.338 e. The van der Waals surface area contributed by atoms with Crippen molar-refractivity contribution in [3.63, 3.8) is 0 Å². The van der Waals surface area contributed by atoms with E-state index in [0.717, 1.165) is 36.0 Å². The van der Waals surface area contributed by atoms with E-state index in [1.807, 2.05) is 7.05 Å². The summed E-state index contributed by atoms with van der Waals surface area (Å²) in [6.45, 7) is 6.31. The smallest absolute Gasteiger partial charge is 0.176 e. The standard InChI is InChI=1S/C14H22N6/c1-13(2,3)11-18-10(20(4)19-11)9-8-16-12(17-9)14(15)6-5-7-14/h8H,5-7,15H2,1-4H3,(H,16,17). The van der Waals surface area contributed by atoms with E-state index in [1.165, 1.54) is 6.42 Å². The van der Waals surface area contributed by atoms with Crippen molar-refractivity contribution in [2.24, 2.45) is 12.8 Å². The third-order valence-corrected chi connectivity index (χ3v) is 3.97. The van der Waals surface area contributed by atoms with E-state index < -0.39 is 0 Å². The largest absolute Gasteiger partial charge is 0.338 e. The first-order valence-corrected chi connectivity index (χ1v) is 7.06. The van der Waals surface area contributed by atoms with Gasteiger partial charge in [-0.25, -0.2) is 14.6 Å². The van der Waals surface area contributed by atoms with Gasteiger partial charge in [0.25, 0.3) is 0 Å².